The molecular formula is C30H36N2O4. The van der Waals surface area contributed by atoms with Gasteiger partial charge in [-0.15, -0.1) is 0 Å². The van der Waals surface area contributed by atoms with Gasteiger partial charge in [0.15, 0.2) is 5.69 Å². The highest BCUT2D eigenvalue weighted by molar-refractivity contribution is 5.97. The van der Waals surface area contributed by atoms with Gasteiger partial charge in [0.05, 0.1) is 17.9 Å². The Balaban J connectivity index is 1.96. The number of hydrogen-bond donors (Lipinski definition) is 0. The van der Waals surface area contributed by atoms with Crippen molar-refractivity contribution < 1.29 is 19.1 Å². The lowest BCUT2D eigenvalue weighted by atomic mass is 9.98. The van der Waals surface area contributed by atoms with Crippen molar-refractivity contribution in [2.45, 2.75) is 66.5 Å². The Morgan fingerprint density at radius 1 is 1.00 bits per heavy atom. The molecule has 36 heavy (non-hydrogen) atoms. The molecule has 0 bridgehead atoms. The number of aryl methyl sites for hydroxylation is 1. The fourth-order valence-electron chi connectivity index (χ4n) is 4.08. The molecule has 3 rings (SSSR count). The second kappa shape index (κ2) is 11.4. The molecular weight excluding hydrogens is 452 g/mol. The van der Waals surface area contributed by atoms with E-state index in [1.807, 2.05) is 70.2 Å². The monoisotopic (exact) mass is 488 g/mol. The maximum atomic E-state index is 12.8. The van der Waals surface area contributed by atoms with E-state index in [0.29, 0.717) is 23.5 Å². The van der Waals surface area contributed by atoms with Gasteiger partial charge in [0.2, 0.25) is 0 Å². The molecule has 0 fully saturated rings. The summed E-state index contributed by atoms with van der Waals surface area (Å²) in [6.45, 7) is 16.2. The maximum Gasteiger partial charge on any atom is 0.359 e. The van der Waals surface area contributed by atoms with Crippen molar-refractivity contribution in [3.8, 4) is 11.1 Å². The van der Waals surface area contributed by atoms with Gasteiger partial charge < -0.3 is 14.0 Å². The molecule has 0 saturated carbocycles. The number of nitrogens with zero attached hydrogens (tertiary/aromatic N) is 2. The summed E-state index contributed by atoms with van der Waals surface area (Å²) >= 11 is 0. The van der Waals surface area contributed by atoms with Gasteiger partial charge in [-0.3, -0.25) is 0 Å². The number of carbonyl (C=O) groups excluding carboxylic acids is 2. The number of ether oxygens (including phenoxy) is 2. The minimum absolute atomic E-state index is 0.288. The van der Waals surface area contributed by atoms with E-state index in [9.17, 15) is 9.59 Å². The summed E-state index contributed by atoms with van der Waals surface area (Å²) in [5.74, 6) is 0.0565. The first-order valence-corrected chi connectivity index (χ1v) is 12.4. The van der Waals surface area contributed by atoms with Gasteiger partial charge in [-0.1, -0.05) is 56.0 Å². The van der Waals surface area contributed by atoms with Crippen LogP contribution >= 0.6 is 0 Å². The zero-order valence-corrected chi connectivity index (χ0v) is 22.2. The van der Waals surface area contributed by atoms with Crippen LogP contribution in [0.4, 0.5) is 0 Å². The Bertz CT molecular complexity index is 1250. The van der Waals surface area contributed by atoms with Crippen LogP contribution in [0.25, 0.3) is 16.7 Å². The van der Waals surface area contributed by atoms with Crippen LogP contribution in [-0.2, 0) is 22.4 Å². The van der Waals surface area contributed by atoms with Crippen LogP contribution in [0.1, 0.15) is 85.9 Å². The van der Waals surface area contributed by atoms with Crippen LogP contribution in [-0.4, -0.2) is 33.7 Å². The third-order valence-corrected chi connectivity index (χ3v) is 5.54. The Morgan fingerprint density at radius 3 is 2.25 bits per heavy atom. The molecule has 0 aliphatic carbocycles. The van der Waals surface area contributed by atoms with Gasteiger partial charge in [0.1, 0.15) is 11.4 Å². The van der Waals surface area contributed by atoms with Crippen molar-refractivity contribution in [3.63, 3.8) is 0 Å². The zero-order valence-electron chi connectivity index (χ0n) is 22.2. The van der Waals surface area contributed by atoms with Gasteiger partial charge >= 0.3 is 11.9 Å². The molecule has 0 amide bonds. The van der Waals surface area contributed by atoms with E-state index in [4.69, 9.17) is 9.47 Å². The summed E-state index contributed by atoms with van der Waals surface area (Å²) in [7, 11) is 0. The van der Waals surface area contributed by atoms with Crippen molar-refractivity contribution in [1.82, 2.24) is 9.55 Å². The van der Waals surface area contributed by atoms with E-state index in [1.54, 1.807) is 13.0 Å². The second-order valence-corrected chi connectivity index (χ2v) is 9.81. The van der Waals surface area contributed by atoms with E-state index < -0.39 is 11.6 Å². The van der Waals surface area contributed by atoms with Crippen molar-refractivity contribution in [2.24, 2.45) is 0 Å². The van der Waals surface area contributed by atoms with E-state index in [1.165, 1.54) is 0 Å². The predicted molar refractivity (Wildman–Crippen MR) is 143 cm³/mol. The largest absolute Gasteiger partial charge is 0.461 e. The summed E-state index contributed by atoms with van der Waals surface area (Å²) in [5, 5.41) is 0. The maximum absolute atomic E-state index is 12.8. The Kier molecular flexibility index (Phi) is 8.51. The number of hydrogen-bond acceptors (Lipinski definition) is 5. The van der Waals surface area contributed by atoms with Crippen molar-refractivity contribution in [2.75, 3.05) is 6.61 Å². The topological polar surface area (TPSA) is 70.4 Å². The summed E-state index contributed by atoms with van der Waals surface area (Å²) in [5.41, 5.74) is 4.53. The molecule has 0 spiro atoms. The number of rotatable bonds is 9. The molecule has 190 valence electrons. The average Bonchev–Trinajstić information content (AvgIpc) is 3.17. The molecule has 0 N–H and O–H groups in total. The lowest BCUT2D eigenvalue weighted by Crippen LogP contribution is -2.24. The van der Waals surface area contributed by atoms with E-state index >= 15 is 0 Å². The Morgan fingerprint density at radius 2 is 1.67 bits per heavy atom. The number of aromatic nitrogens is 2. The van der Waals surface area contributed by atoms with Crippen molar-refractivity contribution >= 4 is 17.5 Å². The van der Waals surface area contributed by atoms with Gasteiger partial charge in [-0.05, 0) is 69.4 Å². The minimum Gasteiger partial charge on any atom is -0.461 e. The molecule has 1 aromatic heterocycles. The lowest BCUT2D eigenvalue weighted by molar-refractivity contribution is 0.00702. The quantitative estimate of drug-likeness (QED) is 0.313. The molecule has 0 aliphatic heterocycles. The smallest absolute Gasteiger partial charge is 0.359 e. The first kappa shape index (κ1) is 26.9. The predicted octanol–water partition coefficient (Wildman–Crippen LogP) is 6.72. The highest BCUT2D eigenvalue weighted by Gasteiger charge is 2.24. The van der Waals surface area contributed by atoms with Gasteiger partial charge in [0.25, 0.3) is 0 Å². The molecule has 2 aromatic carbocycles. The van der Waals surface area contributed by atoms with Crippen LogP contribution in [0.3, 0.4) is 0 Å². The third-order valence-electron chi connectivity index (χ3n) is 5.54. The molecule has 0 atom stereocenters. The third kappa shape index (κ3) is 6.30. The molecule has 3 aromatic rings. The summed E-state index contributed by atoms with van der Waals surface area (Å²) in [6, 6.07) is 15.5. The summed E-state index contributed by atoms with van der Waals surface area (Å²) in [4.78, 5) is 30.0. The van der Waals surface area contributed by atoms with Crippen LogP contribution in [0, 0.1) is 0 Å². The Hall–Kier alpha value is -3.67. The normalized spacial score (nSPS) is 11.3. The number of benzene rings is 2. The summed E-state index contributed by atoms with van der Waals surface area (Å²) in [6.07, 6.45) is 1.64. The van der Waals surface area contributed by atoms with Gasteiger partial charge in [-0.2, -0.15) is 0 Å². The second-order valence-electron chi connectivity index (χ2n) is 9.81. The van der Waals surface area contributed by atoms with E-state index in [-0.39, 0.29) is 12.6 Å². The zero-order chi connectivity index (χ0) is 26.5. The molecule has 0 radical (unpaired) electrons. The van der Waals surface area contributed by atoms with Crippen LogP contribution in [0.15, 0.2) is 55.1 Å². The molecule has 0 aliphatic rings. The van der Waals surface area contributed by atoms with Crippen LogP contribution < -0.4 is 0 Å². The number of esters is 2. The van der Waals surface area contributed by atoms with E-state index in [2.05, 4.69) is 23.1 Å². The molecule has 1 heterocycles. The lowest BCUT2D eigenvalue weighted by Gasteiger charge is -2.20. The van der Waals surface area contributed by atoms with Crippen molar-refractivity contribution in [1.29, 1.82) is 0 Å². The number of carbonyl (C=O) groups is 2. The van der Waals surface area contributed by atoms with E-state index in [0.717, 1.165) is 40.9 Å². The summed E-state index contributed by atoms with van der Waals surface area (Å²) < 4.78 is 12.9. The standard InChI is InChI=1S/C30H36N2O4/c1-8-12-25-31-26(29(34)35-9-2)27(20(3)4)32(25)19-21-15-17-22(18-16-21)23-13-10-11-14-24(23)28(33)36-30(5,6)7/h10-11,13-18H,3,8-9,12,19H2,1-2,4-7H3. The SMILES string of the molecule is C=C(C)c1c(C(=O)OCC)nc(CCC)n1Cc1ccc(-c2ccccc2C(=O)OC(C)(C)C)cc1. The number of imidazole rings is 1. The van der Waals surface area contributed by atoms with Crippen LogP contribution in [0.2, 0.25) is 0 Å². The highest BCUT2D eigenvalue weighted by Crippen LogP contribution is 2.28. The molecule has 0 unspecified atom stereocenters. The average molecular weight is 489 g/mol. The number of allylic oxidation sites excluding steroid dienone is 1. The highest BCUT2D eigenvalue weighted by atomic mass is 16.6. The van der Waals surface area contributed by atoms with Gasteiger partial charge in [0, 0.05) is 13.0 Å². The fourth-order valence-corrected chi connectivity index (χ4v) is 4.08. The Labute approximate surface area is 214 Å². The molecule has 0 saturated heterocycles. The van der Waals surface area contributed by atoms with Crippen LogP contribution in [0.5, 0.6) is 0 Å². The fraction of sp³-hybridized carbons (Fsp3) is 0.367. The van der Waals surface area contributed by atoms with Crippen molar-refractivity contribution in [3.05, 3.63) is 83.4 Å². The molecule has 6 heteroatoms. The first-order valence-electron chi connectivity index (χ1n) is 12.4. The van der Waals surface area contributed by atoms with Gasteiger partial charge in [-0.25, -0.2) is 14.6 Å². The first-order chi connectivity index (χ1) is 17.1. The minimum atomic E-state index is -0.571. The molecule has 6 nitrogen and oxygen atoms in total.